The van der Waals surface area contributed by atoms with Crippen molar-refractivity contribution in [2.75, 3.05) is 56.1 Å². The number of para-hydroxylation sites is 1. The summed E-state index contributed by atoms with van der Waals surface area (Å²) in [6, 6.07) is 14.5. The van der Waals surface area contributed by atoms with E-state index < -0.39 is 0 Å². The fraction of sp³-hybridized carbons (Fsp3) is 0.435. The number of rotatable bonds is 7. The van der Waals surface area contributed by atoms with Crippen molar-refractivity contribution in [3.63, 3.8) is 0 Å². The molecule has 1 unspecified atom stereocenters. The number of carbonyl (C=O) groups is 1. The molecule has 2 aromatic rings. The van der Waals surface area contributed by atoms with Crippen molar-refractivity contribution in [1.82, 2.24) is 10.2 Å². The molecule has 0 bridgehead atoms. The number of piperazine rings is 1. The fourth-order valence-electron chi connectivity index (χ4n) is 3.77. The summed E-state index contributed by atoms with van der Waals surface area (Å²) in [7, 11) is 2.11. The lowest BCUT2D eigenvalue weighted by Crippen LogP contribution is -2.45. The van der Waals surface area contributed by atoms with Crippen molar-refractivity contribution in [2.45, 2.75) is 19.9 Å². The Labute approximate surface area is 173 Å². The number of nitrogens with zero attached hydrogens (tertiary/aromatic N) is 3. The molecule has 1 aliphatic heterocycles. The van der Waals surface area contributed by atoms with Gasteiger partial charge in [0, 0.05) is 49.7 Å². The van der Waals surface area contributed by atoms with Gasteiger partial charge >= 0.3 is 0 Å². The first-order valence-electron chi connectivity index (χ1n) is 10.3. The molecular weight excluding hydrogens is 367 g/mol. The molecule has 0 aliphatic carbocycles. The van der Waals surface area contributed by atoms with Crippen molar-refractivity contribution in [3.8, 4) is 0 Å². The smallest absolute Gasteiger partial charge is 0.239 e. The molecule has 2 aromatic carbocycles. The second-order valence-electron chi connectivity index (χ2n) is 7.63. The highest BCUT2D eigenvalue weighted by atomic mass is 19.1. The molecule has 1 N–H and O–H groups in total. The van der Waals surface area contributed by atoms with E-state index in [0.717, 1.165) is 49.7 Å². The minimum atomic E-state index is -0.279. The Morgan fingerprint density at radius 2 is 1.83 bits per heavy atom. The van der Waals surface area contributed by atoms with Crippen molar-refractivity contribution in [2.24, 2.45) is 0 Å². The maximum atomic E-state index is 14.0. The van der Waals surface area contributed by atoms with Gasteiger partial charge in [0.2, 0.25) is 5.91 Å². The molecule has 1 atom stereocenters. The number of amides is 1. The standard InChI is InChI=1S/C23H31FN4O/c1-4-27(20-8-6-5-7-9-20)17-23(29)25-18(2)21-16-19(24)10-11-22(21)28-14-12-26(3)13-15-28/h5-11,16,18H,4,12-15,17H2,1-3H3,(H,25,29). The lowest BCUT2D eigenvalue weighted by Gasteiger charge is -2.36. The molecule has 29 heavy (non-hydrogen) atoms. The summed E-state index contributed by atoms with van der Waals surface area (Å²) in [4.78, 5) is 19.3. The molecule has 5 nitrogen and oxygen atoms in total. The molecular formula is C23H31FN4O. The molecule has 0 radical (unpaired) electrons. The van der Waals surface area contributed by atoms with Gasteiger partial charge in [0.1, 0.15) is 5.82 Å². The van der Waals surface area contributed by atoms with Gasteiger partial charge in [0.15, 0.2) is 0 Å². The molecule has 3 rings (SSSR count). The number of nitrogens with one attached hydrogen (secondary N) is 1. The van der Waals surface area contributed by atoms with Crippen LogP contribution in [-0.4, -0.2) is 57.1 Å². The number of likely N-dealkylation sites (N-methyl/N-ethyl adjacent to an activating group) is 2. The van der Waals surface area contributed by atoms with Gasteiger partial charge in [0.05, 0.1) is 12.6 Å². The number of carbonyl (C=O) groups excluding carboxylic acids is 1. The van der Waals surface area contributed by atoms with E-state index in [0.29, 0.717) is 0 Å². The van der Waals surface area contributed by atoms with E-state index in [2.05, 4.69) is 22.2 Å². The summed E-state index contributed by atoms with van der Waals surface area (Å²) in [6.07, 6.45) is 0. The van der Waals surface area contributed by atoms with Gasteiger partial charge in [0.25, 0.3) is 0 Å². The van der Waals surface area contributed by atoms with Crippen LogP contribution in [0.4, 0.5) is 15.8 Å². The van der Waals surface area contributed by atoms with Crippen molar-refractivity contribution in [3.05, 3.63) is 59.9 Å². The zero-order valence-electron chi connectivity index (χ0n) is 17.6. The molecule has 1 saturated heterocycles. The van der Waals surface area contributed by atoms with Gasteiger partial charge in [-0.2, -0.15) is 0 Å². The summed E-state index contributed by atoms with van der Waals surface area (Å²) < 4.78 is 14.0. The maximum absolute atomic E-state index is 14.0. The first kappa shape index (κ1) is 21.1. The lowest BCUT2D eigenvalue weighted by atomic mass is 10.0. The number of anilines is 2. The molecule has 0 saturated carbocycles. The average molecular weight is 399 g/mol. The van der Waals surface area contributed by atoms with Crippen LogP contribution in [0.1, 0.15) is 25.5 Å². The summed E-state index contributed by atoms with van der Waals surface area (Å²) in [5, 5.41) is 3.06. The van der Waals surface area contributed by atoms with Crippen LogP contribution in [0.3, 0.4) is 0 Å². The predicted octanol–water partition coefficient (Wildman–Crippen LogP) is 3.28. The minimum Gasteiger partial charge on any atom is -0.369 e. The molecule has 1 aliphatic rings. The highest BCUT2D eigenvalue weighted by Crippen LogP contribution is 2.28. The lowest BCUT2D eigenvalue weighted by molar-refractivity contribution is -0.120. The number of benzene rings is 2. The summed E-state index contributed by atoms with van der Waals surface area (Å²) in [6.45, 7) is 8.69. The van der Waals surface area contributed by atoms with Crippen molar-refractivity contribution < 1.29 is 9.18 Å². The third-order valence-corrected chi connectivity index (χ3v) is 5.52. The van der Waals surface area contributed by atoms with Crippen LogP contribution in [-0.2, 0) is 4.79 Å². The van der Waals surface area contributed by atoms with Crippen LogP contribution in [0, 0.1) is 5.82 Å². The highest BCUT2D eigenvalue weighted by Gasteiger charge is 2.21. The van der Waals surface area contributed by atoms with Crippen molar-refractivity contribution >= 4 is 17.3 Å². The van der Waals surface area contributed by atoms with Gasteiger partial charge in [-0.15, -0.1) is 0 Å². The number of hydrogen-bond donors (Lipinski definition) is 1. The summed E-state index contributed by atoms with van der Waals surface area (Å²) >= 11 is 0. The van der Waals surface area contributed by atoms with Gasteiger partial charge < -0.3 is 20.0 Å². The normalized spacial score (nSPS) is 15.8. The van der Waals surface area contributed by atoms with E-state index in [1.165, 1.54) is 6.07 Å². The third kappa shape index (κ3) is 5.48. The SMILES string of the molecule is CCN(CC(=O)NC(C)c1cc(F)ccc1N1CCN(C)CC1)c1ccccc1. The summed E-state index contributed by atoms with van der Waals surface area (Å²) in [5.41, 5.74) is 2.84. The van der Waals surface area contributed by atoms with E-state index in [4.69, 9.17) is 0 Å². The van der Waals surface area contributed by atoms with Gasteiger partial charge in [-0.25, -0.2) is 4.39 Å². The molecule has 1 amide bonds. The van der Waals surface area contributed by atoms with Crippen LogP contribution < -0.4 is 15.1 Å². The van der Waals surface area contributed by atoms with Gasteiger partial charge in [-0.05, 0) is 51.2 Å². The zero-order chi connectivity index (χ0) is 20.8. The predicted molar refractivity (Wildman–Crippen MR) is 117 cm³/mol. The van der Waals surface area contributed by atoms with Crippen LogP contribution >= 0.6 is 0 Å². The quantitative estimate of drug-likeness (QED) is 0.777. The Morgan fingerprint density at radius 1 is 1.14 bits per heavy atom. The van der Waals surface area contributed by atoms with Crippen molar-refractivity contribution in [1.29, 1.82) is 0 Å². The minimum absolute atomic E-state index is 0.0724. The monoisotopic (exact) mass is 398 g/mol. The average Bonchev–Trinajstić information content (AvgIpc) is 2.73. The Hall–Kier alpha value is -2.60. The summed E-state index contributed by atoms with van der Waals surface area (Å²) in [5.74, 6) is -0.352. The topological polar surface area (TPSA) is 38.8 Å². The van der Waals surface area contributed by atoms with Crippen LogP contribution in [0.5, 0.6) is 0 Å². The number of halogens is 1. The third-order valence-electron chi connectivity index (χ3n) is 5.52. The van der Waals surface area contributed by atoms with E-state index in [1.807, 2.05) is 55.1 Å². The molecule has 0 spiro atoms. The molecule has 1 fully saturated rings. The van der Waals surface area contributed by atoms with Crippen LogP contribution in [0.15, 0.2) is 48.5 Å². The molecule has 0 aromatic heterocycles. The van der Waals surface area contributed by atoms with Crippen LogP contribution in [0.2, 0.25) is 0 Å². The second-order valence-corrected chi connectivity index (χ2v) is 7.63. The Bertz CT molecular complexity index is 806. The van der Waals surface area contributed by atoms with Gasteiger partial charge in [-0.3, -0.25) is 4.79 Å². The molecule has 6 heteroatoms. The van der Waals surface area contributed by atoms with E-state index in [-0.39, 0.29) is 24.3 Å². The van der Waals surface area contributed by atoms with E-state index in [1.54, 1.807) is 6.07 Å². The Kier molecular flexibility index (Phi) is 7.09. The first-order chi connectivity index (χ1) is 14.0. The van der Waals surface area contributed by atoms with Gasteiger partial charge in [-0.1, -0.05) is 18.2 Å². The first-order valence-corrected chi connectivity index (χ1v) is 10.3. The maximum Gasteiger partial charge on any atom is 0.239 e. The van der Waals surface area contributed by atoms with Crippen LogP contribution in [0.25, 0.3) is 0 Å². The number of hydrogen-bond acceptors (Lipinski definition) is 4. The highest BCUT2D eigenvalue weighted by molar-refractivity contribution is 5.82. The van der Waals surface area contributed by atoms with E-state index in [9.17, 15) is 9.18 Å². The Balaban J connectivity index is 1.70. The zero-order valence-corrected chi connectivity index (χ0v) is 17.6. The van der Waals surface area contributed by atoms with E-state index >= 15 is 0 Å². The largest absolute Gasteiger partial charge is 0.369 e. The Morgan fingerprint density at radius 3 is 2.48 bits per heavy atom. The molecule has 156 valence electrons. The fourth-order valence-corrected chi connectivity index (χ4v) is 3.77. The second kappa shape index (κ2) is 9.74. The molecule has 1 heterocycles.